The molecule has 0 saturated carbocycles. The summed E-state index contributed by atoms with van der Waals surface area (Å²) in [4.78, 5) is 5.06. The lowest BCUT2D eigenvalue weighted by atomic mass is 9.96. The summed E-state index contributed by atoms with van der Waals surface area (Å²) in [5.74, 6) is -0.190. The standard InChI is InChI=1S/C33H35FN2O/c34-31-19-17-28(18-20-31)32(27-11-4-1-5-12-27)36-24-22-35(23-25-36)21-10-26-37-33(29-13-6-2-7-14-29)30-15-8-3-9-16-30/h1-9,11-20,32-33H,10,21-26H2. The van der Waals surface area contributed by atoms with Crippen LogP contribution < -0.4 is 0 Å². The Bertz CT molecular complexity index is 1150. The smallest absolute Gasteiger partial charge is 0.123 e. The second-order valence-corrected chi connectivity index (χ2v) is 9.67. The van der Waals surface area contributed by atoms with Crippen LogP contribution in [-0.4, -0.2) is 49.1 Å². The van der Waals surface area contributed by atoms with E-state index in [1.807, 2.05) is 30.3 Å². The zero-order valence-electron chi connectivity index (χ0n) is 21.3. The van der Waals surface area contributed by atoms with Gasteiger partial charge in [-0.05, 0) is 40.8 Å². The van der Waals surface area contributed by atoms with Crippen molar-refractivity contribution in [2.45, 2.75) is 18.6 Å². The molecular formula is C33H35FN2O. The fourth-order valence-corrected chi connectivity index (χ4v) is 5.27. The molecule has 0 bridgehead atoms. The van der Waals surface area contributed by atoms with Gasteiger partial charge >= 0.3 is 0 Å². The summed E-state index contributed by atoms with van der Waals surface area (Å²) in [6.45, 7) is 5.74. The van der Waals surface area contributed by atoms with E-state index in [2.05, 4.69) is 82.6 Å². The minimum absolute atomic E-state index is 0.0402. The van der Waals surface area contributed by atoms with Crippen molar-refractivity contribution >= 4 is 0 Å². The first-order chi connectivity index (χ1) is 18.3. The Labute approximate surface area is 220 Å². The van der Waals surface area contributed by atoms with Gasteiger partial charge < -0.3 is 9.64 Å². The lowest BCUT2D eigenvalue weighted by Gasteiger charge is -2.40. The zero-order valence-corrected chi connectivity index (χ0v) is 21.3. The summed E-state index contributed by atoms with van der Waals surface area (Å²) in [7, 11) is 0. The van der Waals surface area contributed by atoms with Gasteiger partial charge in [-0.1, -0.05) is 103 Å². The molecule has 0 aromatic heterocycles. The molecule has 4 aromatic rings. The maximum Gasteiger partial charge on any atom is 0.123 e. The Morgan fingerprint density at radius 1 is 0.595 bits per heavy atom. The summed E-state index contributed by atoms with van der Waals surface area (Å²) in [6, 6.07) is 38.6. The quantitative estimate of drug-likeness (QED) is 0.227. The highest BCUT2D eigenvalue weighted by Crippen LogP contribution is 2.30. The van der Waals surface area contributed by atoms with Gasteiger partial charge in [0.15, 0.2) is 0 Å². The molecule has 0 spiro atoms. The van der Waals surface area contributed by atoms with Crippen LogP contribution in [0.3, 0.4) is 0 Å². The molecule has 1 unspecified atom stereocenters. The average molecular weight is 495 g/mol. The number of piperazine rings is 1. The van der Waals surface area contributed by atoms with E-state index < -0.39 is 0 Å². The van der Waals surface area contributed by atoms with Gasteiger partial charge in [0.2, 0.25) is 0 Å². The molecule has 1 atom stereocenters. The molecule has 1 saturated heterocycles. The maximum absolute atomic E-state index is 13.6. The molecule has 37 heavy (non-hydrogen) atoms. The molecule has 5 rings (SSSR count). The summed E-state index contributed by atoms with van der Waals surface area (Å²) in [5.41, 5.74) is 4.77. The third-order valence-corrected chi connectivity index (χ3v) is 7.18. The first kappa shape index (κ1) is 25.3. The monoisotopic (exact) mass is 494 g/mol. The minimum Gasteiger partial charge on any atom is -0.369 e. The van der Waals surface area contributed by atoms with Gasteiger partial charge in [0.05, 0.1) is 6.04 Å². The summed E-state index contributed by atoms with van der Waals surface area (Å²) in [6.07, 6.45) is 0.956. The minimum atomic E-state index is -0.190. The molecule has 0 N–H and O–H groups in total. The van der Waals surface area contributed by atoms with E-state index in [-0.39, 0.29) is 18.0 Å². The Morgan fingerprint density at radius 3 is 1.62 bits per heavy atom. The summed E-state index contributed by atoms with van der Waals surface area (Å²) < 4.78 is 20.0. The number of halogens is 1. The predicted octanol–water partition coefficient (Wildman–Crippen LogP) is 6.73. The molecule has 1 aliphatic heterocycles. The first-order valence-electron chi connectivity index (χ1n) is 13.3. The molecule has 1 heterocycles. The fraction of sp³-hybridized carbons (Fsp3) is 0.273. The Balaban J connectivity index is 1.15. The third kappa shape index (κ3) is 6.72. The molecule has 3 nitrogen and oxygen atoms in total. The second kappa shape index (κ2) is 12.8. The van der Waals surface area contributed by atoms with Crippen LogP contribution in [0, 0.1) is 5.82 Å². The molecule has 0 aliphatic carbocycles. The van der Waals surface area contributed by atoms with Crippen molar-refractivity contribution in [2.24, 2.45) is 0 Å². The number of hydrogen-bond acceptors (Lipinski definition) is 3. The van der Waals surface area contributed by atoms with E-state index in [1.165, 1.54) is 16.7 Å². The number of nitrogens with zero attached hydrogens (tertiary/aromatic N) is 2. The Morgan fingerprint density at radius 2 is 1.08 bits per heavy atom. The Hall–Kier alpha value is -3.31. The van der Waals surface area contributed by atoms with Crippen LogP contribution >= 0.6 is 0 Å². The topological polar surface area (TPSA) is 15.7 Å². The van der Waals surface area contributed by atoms with Crippen LogP contribution in [0.25, 0.3) is 0 Å². The normalized spacial score (nSPS) is 15.6. The highest BCUT2D eigenvalue weighted by molar-refractivity contribution is 5.32. The van der Waals surface area contributed by atoms with Crippen molar-refractivity contribution < 1.29 is 9.13 Å². The fourth-order valence-electron chi connectivity index (χ4n) is 5.27. The van der Waals surface area contributed by atoms with Crippen molar-refractivity contribution in [1.82, 2.24) is 9.80 Å². The van der Waals surface area contributed by atoms with Crippen molar-refractivity contribution in [3.63, 3.8) is 0 Å². The van der Waals surface area contributed by atoms with Gasteiger partial charge in [0, 0.05) is 39.3 Å². The van der Waals surface area contributed by atoms with Crippen LogP contribution in [0.15, 0.2) is 115 Å². The highest BCUT2D eigenvalue weighted by atomic mass is 19.1. The van der Waals surface area contributed by atoms with Crippen molar-refractivity contribution in [2.75, 3.05) is 39.3 Å². The third-order valence-electron chi connectivity index (χ3n) is 7.18. The Kier molecular flexibility index (Phi) is 8.75. The lowest BCUT2D eigenvalue weighted by Crippen LogP contribution is -2.48. The van der Waals surface area contributed by atoms with Crippen molar-refractivity contribution in [1.29, 1.82) is 0 Å². The van der Waals surface area contributed by atoms with Crippen LogP contribution in [-0.2, 0) is 4.74 Å². The molecule has 4 heteroatoms. The largest absolute Gasteiger partial charge is 0.369 e. The number of rotatable bonds is 10. The number of ether oxygens (including phenoxy) is 1. The SMILES string of the molecule is Fc1ccc(C(c2ccccc2)N2CCN(CCCOC(c3ccccc3)c3ccccc3)CC2)cc1. The number of benzene rings is 4. The van der Waals surface area contributed by atoms with Crippen molar-refractivity contribution in [3.05, 3.63) is 143 Å². The van der Waals surface area contributed by atoms with Gasteiger partial charge in [0.25, 0.3) is 0 Å². The molecule has 190 valence electrons. The molecule has 4 aromatic carbocycles. The average Bonchev–Trinajstić information content (AvgIpc) is 2.96. The second-order valence-electron chi connectivity index (χ2n) is 9.67. The highest BCUT2D eigenvalue weighted by Gasteiger charge is 2.26. The van der Waals surface area contributed by atoms with Crippen molar-refractivity contribution in [3.8, 4) is 0 Å². The lowest BCUT2D eigenvalue weighted by molar-refractivity contribution is 0.0612. The first-order valence-corrected chi connectivity index (χ1v) is 13.3. The van der Waals surface area contributed by atoms with E-state index in [1.54, 1.807) is 12.1 Å². The van der Waals surface area contributed by atoms with Crippen LogP contribution in [0.4, 0.5) is 4.39 Å². The van der Waals surface area contributed by atoms with E-state index >= 15 is 0 Å². The predicted molar refractivity (Wildman–Crippen MR) is 148 cm³/mol. The van der Waals surface area contributed by atoms with Crippen LogP contribution in [0.2, 0.25) is 0 Å². The van der Waals surface area contributed by atoms with E-state index in [0.717, 1.165) is 51.3 Å². The number of hydrogen-bond donors (Lipinski definition) is 0. The van der Waals surface area contributed by atoms with Gasteiger partial charge in [0.1, 0.15) is 11.9 Å². The molecular weight excluding hydrogens is 459 g/mol. The van der Waals surface area contributed by atoms with E-state index in [4.69, 9.17) is 4.74 Å². The van der Waals surface area contributed by atoms with Gasteiger partial charge in [-0.25, -0.2) is 4.39 Å². The van der Waals surface area contributed by atoms with Crippen LogP contribution in [0.5, 0.6) is 0 Å². The summed E-state index contributed by atoms with van der Waals surface area (Å²) in [5, 5.41) is 0. The molecule has 0 radical (unpaired) electrons. The zero-order chi connectivity index (χ0) is 25.3. The molecule has 0 amide bonds. The maximum atomic E-state index is 13.6. The van der Waals surface area contributed by atoms with E-state index in [9.17, 15) is 4.39 Å². The molecule has 1 aliphatic rings. The van der Waals surface area contributed by atoms with E-state index in [0.29, 0.717) is 0 Å². The molecule has 1 fully saturated rings. The summed E-state index contributed by atoms with van der Waals surface area (Å²) >= 11 is 0. The van der Waals surface area contributed by atoms with Crippen LogP contribution in [0.1, 0.15) is 40.8 Å². The van der Waals surface area contributed by atoms with Gasteiger partial charge in [-0.15, -0.1) is 0 Å². The van der Waals surface area contributed by atoms with Gasteiger partial charge in [-0.2, -0.15) is 0 Å². The van der Waals surface area contributed by atoms with Gasteiger partial charge in [-0.3, -0.25) is 4.90 Å².